The second-order valence-electron chi connectivity index (χ2n) is 3.75. The average molecular weight is 194 g/mol. The molecule has 0 aromatic carbocycles. The monoisotopic (exact) mass is 194 g/mol. The summed E-state index contributed by atoms with van der Waals surface area (Å²) in [5.74, 6) is 0.270. The lowest BCUT2D eigenvalue weighted by atomic mass is 10.1. The van der Waals surface area contributed by atoms with Gasteiger partial charge in [-0.25, -0.2) is 0 Å². The van der Waals surface area contributed by atoms with Crippen LogP contribution in [0.3, 0.4) is 0 Å². The Bertz CT molecular complexity index is 308. The van der Waals surface area contributed by atoms with Crippen molar-refractivity contribution >= 4 is 5.91 Å². The summed E-state index contributed by atoms with van der Waals surface area (Å²) in [5, 5.41) is 8.94. The van der Waals surface area contributed by atoms with Gasteiger partial charge in [0.2, 0.25) is 5.91 Å². The third-order valence-electron chi connectivity index (χ3n) is 2.59. The number of aromatic amines is 1. The summed E-state index contributed by atoms with van der Waals surface area (Å²) in [4.78, 5) is 16.2. The molecular weight excluding hydrogens is 180 g/mol. The van der Waals surface area contributed by atoms with Crippen molar-refractivity contribution in [3.63, 3.8) is 0 Å². The molecule has 2 heterocycles. The number of aliphatic hydroxyl groups is 1. The van der Waals surface area contributed by atoms with E-state index < -0.39 is 0 Å². The summed E-state index contributed by atoms with van der Waals surface area (Å²) in [6.07, 6.45) is 4.22. The fourth-order valence-corrected chi connectivity index (χ4v) is 1.81. The molecular formula is C10H14N2O2. The summed E-state index contributed by atoms with van der Waals surface area (Å²) in [5.41, 5.74) is 1.11. The highest BCUT2D eigenvalue weighted by atomic mass is 16.3. The second kappa shape index (κ2) is 3.84. The first kappa shape index (κ1) is 9.27. The lowest BCUT2D eigenvalue weighted by Gasteiger charge is -2.14. The Morgan fingerprint density at radius 1 is 1.64 bits per heavy atom. The van der Waals surface area contributed by atoms with Crippen molar-refractivity contribution in [2.45, 2.75) is 13.0 Å². The van der Waals surface area contributed by atoms with E-state index in [1.54, 1.807) is 4.90 Å². The van der Waals surface area contributed by atoms with Crippen LogP contribution in [0.25, 0.3) is 0 Å². The van der Waals surface area contributed by atoms with Crippen molar-refractivity contribution in [2.75, 3.05) is 13.2 Å². The molecule has 1 amide bonds. The van der Waals surface area contributed by atoms with E-state index in [1.807, 2.05) is 18.5 Å². The highest BCUT2D eigenvalue weighted by Crippen LogP contribution is 2.19. The number of aromatic nitrogens is 1. The topological polar surface area (TPSA) is 56.3 Å². The summed E-state index contributed by atoms with van der Waals surface area (Å²) < 4.78 is 0. The molecule has 1 aliphatic rings. The van der Waals surface area contributed by atoms with E-state index in [2.05, 4.69) is 4.98 Å². The normalized spacial score (nSPS) is 21.9. The Morgan fingerprint density at radius 3 is 3.07 bits per heavy atom. The molecule has 2 N–H and O–H groups in total. The van der Waals surface area contributed by atoms with Gasteiger partial charge in [-0.2, -0.15) is 0 Å². The summed E-state index contributed by atoms with van der Waals surface area (Å²) >= 11 is 0. The molecule has 0 saturated carbocycles. The zero-order valence-electron chi connectivity index (χ0n) is 7.94. The summed E-state index contributed by atoms with van der Waals surface area (Å²) in [7, 11) is 0. The van der Waals surface area contributed by atoms with E-state index in [9.17, 15) is 4.79 Å². The predicted octanol–water partition coefficient (Wildman–Crippen LogP) is 0.355. The quantitative estimate of drug-likeness (QED) is 0.729. The second-order valence-corrected chi connectivity index (χ2v) is 3.75. The van der Waals surface area contributed by atoms with Crippen LogP contribution in [0.2, 0.25) is 0 Å². The SMILES string of the molecule is O=C1CC(CO)CN1Cc1cc[nH]c1. The largest absolute Gasteiger partial charge is 0.396 e. The van der Waals surface area contributed by atoms with E-state index in [4.69, 9.17) is 5.11 Å². The number of aliphatic hydroxyl groups excluding tert-OH is 1. The van der Waals surface area contributed by atoms with Crippen molar-refractivity contribution < 1.29 is 9.90 Å². The highest BCUT2D eigenvalue weighted by molar-refractivity contribution is 5.78. The molecule has 76 valence electrons. The van der Waals surface area contributed by atoms with Crippen LogP contribution in [0.15, 0.2) is 18.5 Å². The van der Waals surface area contributed by atoms with Gasteiger partial charge in [-0.05, 0) is 11.6 Å². The zero-order chi connectivity index (χ0) is 9.97. The Morgan fingerprint density at radius 2 is 2.50 bits per heavy atom. The highest BCUT2D eigenvalue weighted by Gasteiger charge is 2.28. The third-order valence-corrected chi connectivity index (χ3v) is 2.59. The molecule has 1 aromatic rings. The smallest absolute Gasteiger partial charge is 0.223 e. The Balaban J connectivity index is 1.96. The Hall–Kier alpha value is -1.29. The number of nitrogens with one attached hydrogen (secondary N) is 1. The fourth-order valence-electron chi connectivity index (χ4n) is 1.81. The molecule has 1 unspecified atom stereocenters. The molecule has 1 saturated heterocycles. The summed E-state index contributed by atoms with van der Waals surface area (Å²) in [6, 6.07) is 1.96. The number of rotatable bonds is 3. The molecule has 1 aliphatic heterocycles. The maximum atomic E-state index is 11.5. The minimum absolute atomic E-state index is 0.107. The molecule has 0 radical (unpaired) electrons. The number of amides is 1. The van der Waals surface area contributed by atoms with Crippen molar-refractivity contribution in [1.29, 1.82) is 0 Å². The van der Waals surface area contributed by atoms with Gasteiger partial charge in [0, 0.05) is 44.4 Å². The molecule has 1 aromatic heterocycles. The van der Waals surface area contributed by atoms with E-state index in [0.29, 0.717) is 19.5 Å². The predicted molar refractivity (Wildman–Crippen MR) is 51.4 cm³/mol. The van der Waals surface area contributed by atoms with Crippen LogP contribution >= 0.6 is 0 Å². The fraction of sp³-hybridized carbons (Fsp3) is 0.500. The van der Waals surface area contributed by atoms with Gasteiger partial charge in [0.1, 0.15) is 0 Å². The van der Waals surface area contributed by atoms with Crippen molar-refractivity contribution in [2.24, 2.45) is 5.92 Å². The number of likely N-dealkylation sites (tertiary alicyclic amines) is 1. The van der Waals surface area contributed by atoms with Crippen LogP contribution in [0.1, 0.15) is 12.0 Å². The maximum absolute atomic E-state index is 11.5. The number of hydrogen-bond donors (Lipinski definition) is 2. The standard InChI is InChI=1S/C10H14N2O2/c13-7-9-3-10(14)12(6-9)5-8-1-2-11-4-8/h1-2,4,9,11,13H,3,5-7H2. The van der Waals surface area contributed by atoms with Crippen LogP contribution in [-0.4, -0.2) is 34.0 Å². The first-order valence-electron chi connectivity index (χ1n) is 4.80. The number of carbonyl (C=O) groups excluding carboxylic acids is 1. The van der Waals surface area contributed by atoms with Crippen molar-refractivity contribution in [3.05, 3.63) is 24.0 Å². The van der Waals surface area contributed by atoms with Crippen molar-refractivity contribution in [1.82, 2.24) is 9.88 Å². The molecule has 14 heavy (non-hydrogen) atoms. The molecule has 1 fully saturated rings. The zero-order valence-corrected chi connectivity index (χ0v) is 7.94. The average Bonchev–Trinajstić information content (AvgIpc) is 2.78. The molecule has 2 rings (SSSR count). The first-order chi connectivity index (χ1) is 6.79. The molecule has 0 aliphatic carbocycles. The molecule has 4 heteroatoms. The van der Waals surface area contributed by atoms with E-state index in [0.717, 1.165) is 5.56 Å². The molecule has 0 bridgehead atoms. The van der Waals surface area contributed by atoms with Gasteiger partial charge in [-0.3, -0.25) is 4.79 Å². The lowest BCUT2D eigenvalue weighted by Crippen LogP contribution is -2.24. The van der Waals surface area contributed by atoms with Crippen LogP contribution < -0.4 is 0 Å². The number of nitrogens with zero attached hydrogens (tertiary/aromatic N) is 1. The third kappa shape index (κ3) is 1.80. The van der Waals surface area contributed by atoms with Gasteiger partial charge < -0.3 is 15.0 Å². The van der Waals surface area contributed by atoms with Gasteiger partial charge in [-0.1, -0.05) is 0 Å². The van der Waals surface area contributed by atoms with Gasteiger partial charge in [0.05, 0.1) is 0 Å². The van der Waals surface area contributed by atoms with Gasteiger partial charge in [-0.15, -0.1) is 0 Å². The van der Waals surface area contributed by atoms with E-state index in [1.165, 1.54) is 0 Å². The number of hydrogen-bond acceptors (Lipinski definition) is 2. The van der Waals surface area contributed by atoms with Crippen LogP contribution in [0.5, 0.6) is 0 Å². The van der Waals surface area contributed by atoms with Gasteiger partial charge in [0.15, 0.2) is 0 Å². The van der Waals surface area contributed by atoms with Crippen LogP contribution in [0, 0.1) is 5.92 Å². The first-order valence-corrected chi connectivity index (χ1v) is 4.80. The molecule has 1 atom stereocenters. The van der Waals surface area contributed by atoms with E-state index in [-0.39, 0.29) is 18.4 Å². The Labute approximate surface area is 82.5 Å². The minimum atomic E-state index is 0.107. The number of H-pyrrole nitrogens is 1. The minimum Gasteiger partial charge on any atom is -0.396 e. The van der Waals surface area contributed by atoms with Crippen molar-refractivity contribution in [3.8, 4) is 0 Å². The summed E-state index contributed by atoms with van der Waals surface area (Å²) in [6.45, 7) is 1.44. The Kier molecular flexibility index (Phi) is 2.54. The molecule has 4 nitrogen and oxygen atoms in total. The van der Waals surface area contributed by atoms with E-state index >= 15 is 0 Å². The van der Waals surface area contributed by atoms with Gasteiger partial charge in [0.25, 0.3) is 0 Å². The van der Waals surface area contributed by atoms with Crippen LogP contribution in [-0.2, 0) is 11.3 Å². The van der Waals surface area contributed by atoms with Gasteiger partial charge >= 0.3 is 0 Å². The molecule has 0 spiro atoms. The maximum Gasteiger partial charge on any atom is 0.223 e. The number of carbonyl (C=O) groups is 1. The van der Waals surface area contributed by atoms with Crippen LogP contribution in [0.4, 0.5) is 0 Å². The lowest BCUT2D eigenvalue weighted by molar-refractivity contribution is -0.128.